The molecule has 3 nitrogen and oxygen atoms in total. The van der Waals surface area contributed by atoms with Gasteiger partial charge in [-0.2, -0.15) is 0 Å². The van der Waals surface area contributed by atoms with Gasteiger partial charge in [-0.15, -0.1) is 0 Å². The van der Waals surface area contributed by atoms with Crippen molar-refractivity contribution >= 4 is 23.2 Å². The van der Waals surface area contributed by atoms with Crippen molar-refractivity contribution in [3.63, 3.8) is 0 Å². The highest BCUT2D eigenvalue weighted by Crippen LogP contribution is 2.25. The number of halogens is 2. The first-order valence-electron chi connectivity index (χ1n) is 5.72. The van der Waals surface area contributed by atoms with Gasteiger partial charge < -0.3 is 10.3 Å². The second-order valence-corrected chi connectivity index (χ2v) is 5.14. The van der Waals surface area contributed by atoms with Crippen LogP contribution < -0.4 is 5.73 Å². The lowest BCUT2D eigenvalue weighted by atomic mass is 10.0. The molecule has 1 heterocycles. The number of nitrogens with zero attached hydrogens (tertiary/aromatic N) is 2. The van der Waals surface area contributed by atoms with Gasteiger partial charge in [-0.1, -0.05) is 29.3 Å². The SMILES string of the molecule is Cn1ccnc1CC(N)Cc1c(Cl)cccc1Cl. The molecule has 0 saturated heterocycles. The van der Waals surface area contributed by atoms with E-state index in [1.54, 1.807) is 6.20 Å². The molecule has 1 atom stereocenters. The maximum atomic E-state index is 6.13. The molecule has 2 aromatic rings. The van der Waals surface area contributed by atoms with Crippen LogP contribution in [0.15, 0.2) is 30.6 Å². The second-order valence-electron chi connectivity index (χ2n) is 4.32. The van der Waals surface area contributed by atoms with Gasteiger partial charge in [-0.05, 0) is 24.1 Å². The Bertz CT molecular complexity index is 517. The lowest BCUT2D eigenvalue weighted by Gasteiger charge is -2.13. The monoisotopic (exact) mass is 283 g/mol. The molecule has 18 heavy (non-hydrogen) atoms. The third-order valence-electron chi connectivity index (χ3n) is 2.89. The van der Waals surface area contributed by atoms with Crippen LogP contribution in [-0.2, 0) is 19.9 Å². The summed E-state index contributed by atoms with van der Waals surface area (Å²) in [5.74, 6) is 0.964. The van der Waals surface area contributed by atoms with Crippen molar-refractivity contribution in [3.8, 4) is 0 Å². The zero-order valence-corrected chi connectivity index (χ0v) is 11.6. The molecule has 0 spiro atoms. The topological polar surface area (TPSA) is 43.8 Å². The van der Waals surface area contributed by atoms with Gasteiger partial charge in [-0.3, -0.25) is 0 Å². The van der Waals surface area contributed by atoms with Crippen LogP contribution in [0.25, 0.3) is 0 Å². The summed E-state index contributed by atoms with van der Waals surface area (Å²) in [6, 6.07) is 5.44. The van der Waals surface area contributed by atoms with E-state index in [1.165, 1.54) is 0 Å². The Morgan fingerprint density at radius 1 is 1.28 bits per heavy atom. The molecular weight excluding hydrogens is 269 g/mol. The summed E-state index contributed by atoms with van der Waals surface area (Å²) in [7, 11) is 1.96. The number of aromatic nitrogens is 2. The van der Waals surface area contributed by atoms with E-state index in [0.717, 1.165) is 11.4 Å². The normalized spacial score (nSPS) is 12.7. The summed E-state index contributed by atoms with van der Waals surface area (Å²) in [6.07, 6.45) is 5.02. The third-order valence-corrected chi connectivity index (χ3v) is 3.60. The van der Waals surface area contributed by atoms with Crippen LogP contribution in [0, 0.1) is 0 Å². The van der Waals surface area contributed by atoms with Crippen LogP contribution in [0.2, 0.25) is 10.0 Å². The largest absolute Gasteiger partial charge is 0.338 e. The van der Waals surface area contributed by atoms with Gasteiger partial charge in [-0.25, -0.2) is 4.98 Å². The number of imidazole rings is 1. The van der Waals surface area contributed by atoms with Crippen LogP contribution in [0.4, 0.5) is 0 Å². The lowest BCUT2D eigenvalue weighted by Crippen LogP contribution is -2.27. The molecule has 0 radical (unpaired) electrons. The maximum Gasteiger partial charge on any atom is 0.109 e. The smallest absolute Gasteiger partial charge is 0.109 e. The molecule has 2 N–H and O–H groups in total. The molecule has 0 fully saturated rings. The van der Waals surface area contributed by atoms with Crippen molar-refractivity contribution in [1.82, 2.24) is 9.55 Å². The van der Waals surface area contributed by atoms with E-state index in [1.807, 2.05) is 36.0 Å². The molecule has 1 aromatic heterocycles. The fourth-order valence-electron chi connectivity index (χ4n) is 1.89. The quantitative estimate of drug-likeness (QED) is 0.938. The van der Waals surface area contributed by atoms with Gasteiger partial charge in [0.05, 0.1) is 0 Å². The molecule has 0 aliphatic carbocycles. The summed E-state index contributed by atoms with van der Waals surface area (Å²) in [5.41, 5.74) is 7.04. The van der Waals surface area contributed by atoms with Crippen molar-refractivity contribution in [3.05, 3.63) is 52.0 Å². The number of aryl methyl sites for hydroxylation is 1. The number of benzene rings is 1. The van der Waals surface area contributed by atoms with Gasteiger partial charge in [0.15, 0.2) is 0 Å². The summed E-state index contributed by atoms with van der Waals surface area (Å²) < 4.78 is 1.97. The Kier molecular flexibility index (Phi) is 4.27. The molecule has 96 valence electrons. The zero-order chi connectivity index (χ0) is 13.1. The number of hydrogen-bond donors (Lipinski definition) is 1. The average molecular weight is 284 g/mol. The van der Waals surface area contributed by atoms with Gasteiger partial charge in [0.25, 0.3) is 0 Å². The molecule has 0 aliphatic rings. The highest BCUT2D eigenvalue weighted by Gasteiger charge is 2.13. The van der Waals surface area contributed by atoms with Crippen LogP contribution in [0.5, 0.6) is 0 Å². The first-order chi connectivity index (χ1) is 8.58. The minimum Gasteiger partial charge on any atom is -0.338 e. The third kappa shape index (κ3) is 3.05. The second kappa shape index (κ2) is 5.74. The molecule has 0 bridgehead atoms. The van der Waals surface area contributed by atoms with E-state index < -0.39 is 0 Å². The highest BCUT2D eigenvalue weighted by molar-refractivity contribution is 6.35. The standard InChI is InChI=1S/C13H15Cl2N3/c1-18-6-5-17-13(18)8-9(16)7-10-11(14)3-2-4-12(10)15/h2-6,9H,7-8,16H2,1H3. The Balaban J connectivity index is 2.08. The molecule has 0 saturated carbocycles. The highest BCUT2D eigenvalue weighted by atomic mass is 35.5. The van der Waals surface area contributed by atoms with Crippen molar-refractivity contribution in [2.75, 3.05) is 0 Å². The van der Waals surface area contributed by atoms with Crippen molar-refractivity contribution < 1.29 is 0 Å². The predicted octanol–water partition coefficient (Wildman–Crippen LogP) is 2.84. The molecule has 0 aliphatic heterocycles. The van der Waals surface area contributed by atoms with Gasteiger partial charge in [0, 0.05) is 41.9 Å². The summed E-state index contributed by atoms with van der Waals surface area (Å²) >= 11 is 12.3. The van der Waals surface area contributed by atoms with Crippen LogP contribution in [0.1, 0.15) is 11.4 Å². The summed E-state index contributed by atoms with van der Waals surface area (Å²) in [6.45, 7) is 0. The van der Waals surface area contributed by atoms with E-state index in [-0.39, 0.29) is 6.04 Å². The molecule has 2 rings (SSSR count). The Morgan fingerprint density at radius 2 is 1.94 bits per heavy atom. The fraction of sp³-hybridized carbons (Fsp3) is 0.308. The molecular formula is C13H15Cl2N3. The van der Waals surface area contributed by atoms with E-state index >= 15 is 0 Å². The maximum absolute atomic E-state index is 6.13. The number of nitrogens with two attached hydrogens (primary N) is 1. The minimum atomic E-state index is -0.0523. The van der Waals surface area contributed by atoms with Crippen molar-refractivity contribution in [2.45, 2.75) is 18.9 Å². The van der Waals surface area contributed by atoms with Crippen LogP contribution in [0.3, 0.4) is 0 Å². The van der Waals surface area contributed by atoms with Crippen LogP contribution >= 0.6 is 23.2 Å². The van der Waals surface area contributed by atoms with Gasteiger partial charge >= 0.3 is 0 Å². The van der Waals surface area contributed by atoms with Crippen molar-refractivity contribution in [1.29, 1.82) is 0 Å². The molecule has 5 heteroatoms. The molecule has 1 aromatic carbocycles. The Labute approximate surface area is 117 Å². The summed E-state index contributed by atoms with van der Waals surface area (Å²) in [4.78, 5) is 4.26. The van der Waals surface area contributed by atoms with Crippen molar-refractivity contribution in [2.24, 2.45) is 12.8 Å². The predicted molar refractivity (Wildman–Crippen MR) is 75.1 cm³/mol. The van der Waals surface area contributed by atoms with E-state index in [9.17, 15) is 0 Å². The van der Waals surface area contributed by atoms with Gasteiger partial charge in [0.2, 0.25) is 0 Å². The average Bonchev–Trinajstić information content (AvgIpc) is 2.70. The number of rotatable bonds is 4. The molecule has 0 amide bonds. The van der Waals surface area contributed by atoms with E-state index in [4.69, 9.17) is 28.9 Å². The van der Waals surface area contributed by atoms with Crippen LogP contribution in [-0.4, -0.2) is 15.6 Å². The molecule has 1 unspecified atom stereocenters. The van der Waals surface area contributed by atoms with E-state index in [2.05, 4.69) is 4.98 Å². The Hall–Kier alpha value is -1.03. The minimum absolute atomic E-state index is 0.0523. The first-order valence-corrected chi connectivity index (χ1v) is 6.48. The zero-order valence-electron chi connectivity index (χ0n) is 10.1. The Morgan fingerprint density at radius 3 is 2.50 bits per heavy atom. The number of hydrogen-bond acceptors (Lipinski definition) is 2. The van der Waals surface area contributed by atoms with Gasteiger partial charge in [0.1, 0.15) is 5.82 Å². The first kappa shape index (κ1) is 13.4. The fourth-order valence-corrected chi connectivity index (χ4v) is 2.44. The lowest BCUT2D eigenvalue weighted by molar-refractivity contribution is 0.622. The summed E-state index contributed by atoms with van der Waals surface area (Å²) in [5, 5.41) is 1.33. The van der Waals surface area contributed by atoms with E-state index in [0.29, 0.717) is 22.9 Å².